The number of nitrogens with zero attached hydrogens (tertiary/aromatic N) is 4. The average molecular weight is 801 g/mol. The molecule has 2 aromatic carbocycles. The fourth-order valence-corrected chi connectivity index (χ4v) is 8.81. The number of piperidine rings is 2. The molecule has 0 saturated carbocycles. The number of ether oxygens (including phenoxy) is 1. The van der Waals surface area contributed by atoms with Gasteiger partial charge in [0.15, 0.2) is 0 Å². The van der Waals surface area contributed by atoms with Crippen LogP contribution in [-0.4, -0.2) is 102 Å². The Balaban J connectivity index is 0.000000223. The van der Waals surface area contributed by atoms with E-state index in [1.165, 1.54) is 4.90 Å². The van der Waals surface area contributed by atoms with Crippen molar-refractivity contribution in [2.45, 2.75) is 167 Å². The third kappa shape index (κ3) is 11.0. The van der Waals surface area contributed by atoms with Crippen LogP contribution in [0.3, 0.4) is 0 Å². The molecule has 0 aliphatic carbocycles. The van der Waals surface area contributed by atoms with Gasteiger partial charge >= 0.3 is 11.9 Å². The molecule has 58 heavy (non-hydrogen) atoms. The lowest BCUT2D eigenvalue weighted by Crippen LogP contribution is -2.52. The highest BCUT2D eigenvalue weighted by Gasteiger charge is 2.39. The van der Waals surface area contributed by atoms with Gasteiger partial charge in [-0.2, -0.15) is 0 Å². The highest BCUT2D eigenvalue weighted by molar-refractivity contribution is 5.89. The summed E-state index contributed by atoms with van der Waals surface area (Å²) in [6.07, 6.45) is 7.39. The minimum atomic E-state index is -0.999. The summed E-state index contributed by atoms with van der Waals surface area (Å²) >= 11 is 0. The highest BCUT2D eigenvalue weighted by atomic mass is 16.6. The molecule has 1 N–H and O–H groups in total. The van der Waals surface area contributed by atoms with Gasteiger partial charge in [0.1, 0.15) is 17.7 Å². The molecular weight excluding hydrogens is 737 g/mol. The number of hydrogen-bond donors (Lipinski definition) is 1. The third-order valence-electron chi connectivity index (χ3n) is 12.1. The molecule has 0 unspecified atom stereocenters. The van der Waals surface area contributed by atoms with Gasteiger partial charge in [0.25, 0.3) is 0 Å². The van der Waals surface area contributed by atoms with Crippen molar-refractivity contribution in [2.24, 2.45) is 0 Å². The first-order chi connectivity index (χ1) is 27.3. The molecule has 316 valence electrons. The van der Waals surface area contributed by atoms with Gasteiger partial charge < -0.3 is 29.4 Å². The fourth-order valence-electron chi connectivity index (χ4n) is 8.81. The Bertz CT molecular complexity index is 1850. The van der Waals surface area contributed by atoms with Gasteiger partial charge in [-0.3, -0.25) is 19.2 Å². The molecule has 6 rings (SSSR count). The lowest BCUT2D eigenvalue weighted by molar-refractivity contribution is -0.166. The number of aliphatic carboxylic acids is 1. The zero-order valence-corrected chi connectivity index (χ0v) is 35.7. The maximum atomic E-state index is 13.2. The number of carboxylic acid groups (broad SMARTS) is 1. The molecule has 2 aromatic rings. The zero-order chi connectivity index (χ0) is 42.4. The van der Waals surface area contributed by atoms with Gasteiger partial charge in [0, 0.05) is 75.8 Å². The molecule has 0 spiro atoms. The van der Waals surface area contributed by atoms with E-state index in [0.29, 0.717) is 19.4 Å². The van der Waals surface area contributed by atoms with Crippen LogP contribution in [0, 0.1) is 0 Å². The van der Waals surface area contributed by atoms with Crippen LogP contribution in [-0.2, 0) is 59.4 Å². The second-order valence-electron chi connectivity index (χ2n) is 18.5. The lowest BCUT2D eigenvalue weighted by Gasteiger charge is -2.42. The van der Waals surface area contributed by atoms with Gasteiger partial charge in [-0.25, -0.2) is 9.59 Å². The number of fused-ring (bicyclic) bond motifs is 2. The van der Waals surface area contributed by atoms with Crippen molar-refractivity contribution in [3.8, 4) is 0 Å². The molecule has 2 atom stereocenters. The quantitative estimate of drug-likeness (QED) is 0.300. The Labute approximate surface area is 344 Å². The molecule has 0 bridgehead atoms. The van der Waals surface area contributed by atoms with Crippen molar-refractivity contribution in [1.29, 1.82) is 0 Å². The first-order valence-corrected chi connectivity index (χ1v) is 21.1. The number of likely N-dealkylation sites (tertiary alicyclic amines) is 2. The second-order valence-corrected chi connectivity index (χ2v) is 18.5. The number of carboxylic acids is 1. The number of esters is 1. The summed E-state index contributed by atoms with van der Waals surface area (Å²) in [7, 11) is 0. The summed E-state index contributed by atoms with van der Waals surface area (Å²) < 4.78 is 5.61. The van der Waals surface area contributed by atoms with E-state index in [2.05, 4.69) is 27.7 Å². The minimum Gasteiger partial charge on any atom is -0.480 e. The molecule has 2 fully saturated rings. The molecule has 12 nitrogen and oxygen atoms in total. The molecule has 0 aromatic heterocycles. The topological polar surface area (TPSA) is 145 Å². The fraction of sp³-hybridized carbons (Fsp3) is 0.609. The monoisotopic (exact) mass is 800 g/mol. The summed E-state index contributed by atoms with van der Waals surface area (Å²) in [4.78, 5) is 82.9. The van der Waals surface area contributed by atoms with E-state index in [1.807, 2.05) is 79.1 Å². The highest BCUT2D eigenvalue weighted by Crippen LogP contribution is 2.31. The van der Waals surface area contributed by atoms with Crippen LogP contribution in [0.5, 0.6) is 0 Å². The SMILES string of the molecule is CC(C)(C)OC(=O)[C@@H]1Cc2ccccc2CN1C(=O)CCC(=O)N1CCCCC1(C)C.CC1(C)CCCCN1C(=O)CCC(=O)N1Cc2ccccc2C[C@H]1C(=O)O. The van der Waals surface area contributed by atoms with Gasteiger partial charge in [-0.05, 0) is 109 Å². The van der Waals surface area contributed by atoms with E-state index in [9.17, 15) is 33.9 Å². The van der Waals surface area contributed by atoms with Crippen molar-refractivity contribution in [1.82, 2.24) is 19.6 Å². The van der Waals surface area contributed by atoms with Gasteiger partial charge in [0.2, 0.25) is 23.6 Å². The van der Waals surface area contributed by atoms with Crippen molar-refractivity contribution in [3.63, 3.8) is 0 Å². The molecule has 12 heteroatoms. The van der Waals surface area contributed by atoms with Crippen LogP contribution in [0.4, 0.5) is 0 Å². The summed E-state index contributed by atoms with van der Waals surface area (Å²) in [5, 5.41) is 9.56. The van der Waals surface area contributed by atoms with Crippen molar-refractivity contribution in [3.05, 3.63) is 70.8 Å². The minimum absolute atomic E-state index is 0.0164. The number of carbonyl (C=O) groups excluding carboxylic acids is 5. The maximum Gasteiger partial charge on any atom is 0.329 e. The van der Waals surface area contributed by atoms with Crippen LogP contribution in [0.2, 0.25) is 0 Å². The zero-order valence-electron chi connectivity index (χ0n) is 35.7. The van der Waals surface area contributed by atoms with E-state index in [4.69, 9.17) is 4.74 Å². The number of rotatable bonds is 8. The van der Waals surface area contributed by atoms with Crippen molar-refractivity contribution in [2.75, 3.05) is 13.1 Å². The van der Waals surface area contributed by atoms with Gasteiger partial charge in [-0.15, -0.1) is 0 Å². The van der Waals surface area contributed by atoms with E-state index in [-0.39, 0.29) is 72.9 Å². The molecular formula is C46H64N4O8. The number of amides is 4. The van der Waals surface area contributed by atoms with E-state index in [1.54, 1.807) is 4.90 Å². The molecule has 4 aliphatic rings. The summed E-state index contributed by atoms with van der Waals surface area (Å²) in [5.41, 5.74) is 3.09. The van der Waals surface area contributed by atoms with Crippen LogP contribution < -0.4 is 0 Å². The number of hydrogen-bond acceptors (Lipinski definition) is 7. The Morgan fingerprint density at radius 2 is 0.983 bits per heavy atom. The second kappa shape index (κ2) is 18.5. The summed E-state index contributed by atoms with van der Waals surface area (Å²) in [6.45, 7) is 15.9. The number of carbonyl (C=O) groups is 6. The first kappa shape index (κ1) is 44.4. The Morgan fingerprint density at radius 3 is 1.38 bits per heavy atom. The standard InChI is InChI=1S/C25H36N2O4.C21H28N2O4/c1-24(2,3)31-23(30)20-16-18-10-6-7-11-19(18)17-26(20)21(28)12-13-22(29)27-15-9-8-14-25(27,4)5;1-21(2)11-5-6-12-23(21)19(25)10-9-18(24)22-14-16-8-4-3-7-15(16)13-17(22)20(26)27/h6-7,10-11,20H,8-9,12-17H2,1-5H3;3-4,7-8,17H,5-6,9-14H2,1-2H3,(H,26,27)/t20-;17-/m00/s1. The van der Waals surface area contributed by atoms with E-state index < -0.39 is 23.7 Å². The summed E-state index contributed by atoms with van der Waals surface area (Å²) in [6, 6.07) is 14.0. The van der Waals surface area contributed by atoms with Crippen LogP contribution in [0.25, 0.3) is 0 Å². The van der Waals surface area contributed by atoms with E-state index >= 15 is 0 Å². The van der Waals surface area contributed by atoms with E-state index in [0.717, 1.165) is 73.9 Å². The van der Waals surface area contributed by atoms with Crippen molar-refractivity contribution < 1.29 is 38.6 Å². The van der Waals surface area contributed by atoms with Crippen LogP contribution >= 0.6 is 0 Å². The predicted molar refractivity (Wildman–Crippen MR) is 220 cm³/mol. The molecule has 0 radical (unpaired) electrons. The Kier molecular flexibility index (Phi) is 14.1. The van der Waals surface area contributed by atoms with Gasteiger partial charge in [-0.1, -0.05) is 48.5 Å². The molecule has 4 amide bonds. The molecule has 4 heterocycles. The smallest absolute Gasteiger partial charge is 0.329 e. The average Bonchev–Trinajstić information content (AvgIpc) is 3.17. The predicted octanol–water partition coefficient (Wildman–Crippen LogP) is 6.45. The Hall–Kier alpha value is -4.74. The van der Waals surface area contributed by atoms with Gasteiger partial charge in [0.05, 0.1) is 0 Å². The number of benzene rings is 2. The largest absolute Gasteiger partial charge is 0.480 e. The van der Waals surface area contributed by atoms with Crippen LogP contribution in [0.15, 0.2) is 48.5 Å². The lowest BCUT2D eigenvalue weighted by atomic mass is 9.90. The maximum absolute atomic E-state index is 13.2. The van der Waals surface area contributed by atoms with Crippen molar-refractivity contribution >= 4 is 35.6 Å². The molecule has 2 saturated heterocycles. The Morgan fingerprint density at radius 1 is 0.603 bits per heavy atom. The first-order valence-electron chi connectivity index (χ1n) is 21.1. The molecule has 4 aliphatic heterocycles. The van der Waals surface area contributed by atoms with Crippen LogP contribution in [0.1, 0.15) is 135 Å². The summed E-state index contributed by atoms with van der Waals surface area (Å²) in [5.74, 6) is -1.82. The normalized spacial score (nSPS) is 21.1. The third-order valence-corrected chi connectivity index (χ3v) is 12.1.